The van der Waals surface area contributed by atoms with E-state index in [9.17, 15) is 23.1 Å². The molecule has 0 spiro atoms. The van der Waals surface area contributed by atoms with Crippen molar-refractivity contribution >= 4 is 12.0 Å². The highest BCUT2D eigenvalue weighted by Gasteiger charge is 2.49. The first-order valence-corrected chi connectivity index (χ1v) is 13.3. The van der Waals surface area contributed by atoms with Crippen molar-refractivity contribution in [1.29, 1.82) is 0 Å². The Morgan fingerprint density at radius 2 is 1.92 bits per heavy atom. The summed E-state index contributed by atoms with van der Waals surface area (Å²) >= 11 is 0. The van der Waals surface area contributed by atoms with E-state index in [-0.39, 0.29) is 23.1 Å². The third-order valence-electron chi connectivity index (χ3n) is 8.74. The number of likely N-dealkylation sites (N-methyl/N-ethyl adjacent to an activating group) is 1. The van der Waals surface area contributed by atoms with Crippen molar-refractivity contribution in [2.75, 3.05) is 26.7 Å². The van der Waals surface area contributed by atoms with Gasteiger partial charge in [0, 0.05) is 37.7 Å². The summed E-state index contributed by atoms with van der Waals surface area (Å²) in [4.78, 5) is 17.5. The Morgan fingerprint density at radius 1 is 1.14 bits per heavy atom. The zero-order valence-electron chi connectivity index (χ0n) is 21.3. The first-order valence-electron chi connectivity index (χ1n) is 13.3. The number of phenols is 1. The van der Waals surface area contributed by atoms with Gasteiger partial charge in [-0.05, 0) is 98.4 Å². The Kier molecular flexibility index (Phi) is 7.10. The normalized spacial score (nSPS) is 26.7. The molecule has 7 heteroatoms. The van der Waals surface area contributed by atoms with Crippen molar-refractivity contribution in [2.45, 2.75) is 56.2 Å². The third kappa shape index (κ3) is 5.71. The topological polar surface area (TPSA) is 43.8 Å². The van der Waals surface area contributed by atoms with Crippen LogP contribution in [0.15, 0.2) is 54.6 Å². The second-order valence-corrected chi connectivity index (χ2v) is 11.2. The molecule has 2 saturated carbocycles. The SMILES string of the molecule is CN(C(=O)/C=C/c1cccc(C(F)(F)F)c1)[C@@H]1CC[C@@H]2CN(CC3CC3)CC[C@@]2(c2cccc(O)c2)C1. The van der Waals surface area contributed by atoms with Gasteiger partial charge in [0.05, 0.1) is 5.56 Å². The minimum absolute atomic E-state index is 0.0206. The van der Waals surface area contributed by atoms with Crippen LogP contribution in [0, 0.1) is 11.8 Å². The lowest BCUT2D eigenvalue weighted by atomic mass is 9.57. The molecule has 198 valence electrons. The lowest BCUT2D eigenvalue weighted by Crippen LogP contribution is -2.56. The number of nitrogens with zero attached hydrogens (tertiary/aromatic N) is 2. The van der Waals surface area contributed by atoms with Gasteiger partial charge in [-0.15, -0.1) is 0 Å². The number of phenolic OH excluding ortho intramolecular Hbond substituents is 1. The van der Waals surface area contributed by atoms with Crippen LogP contribution in [0.2, 0.25) is 0 Å². The van der Waals surface area contributed by atoms with Gasteiger partial charge in [0.1, 0.15) is 5.75 Å². The van der Waals surface area contributed by atoms with Gasteiger partial charge in [0.15, 0.2) is 0 Å². The molecule has 3 aliphatic rings. The average molecular weight is 513 g/mol. The van der Waals surface area contributed by atoms with Crippen LogP contribution in [0.4, 0.5) is 13.2 Å². The number of rotatable bonds is 6. The summed E-state index contributed by atoms with van der Waals surface area (Å²) in [5.41, 5.74) is 0.657. The Morgan fingerprint density at radius 3 is 2.65 bits per heavy atom. The second kappa shape index (κ2) is 10.2. The largest absolute Gasteiger partial charge is 0.508 e. The van der Waals surface area contributed by atoms with E-state index in [0.29, 0.717) is 11.5 Å². The molecule has 0 unspecified atom stereocenters. The maximum atomic E-state index is 13.1. The van der Waals surface area contributed by atoms with Crippen molar-refractivity contribution in [1.82, 2.24) is 9.80 Å². The van der Waals surface area contributed by atoms with Crippen LogP contribution in [-0.4, -0.2) is 53.5 Å². The Balaban J connectivity index is 1.33. The molecular formula is C30H35F3N2O2. The van der Waals surface area contributed by atoms with Crippen molar-refractivity contribution in [3.05, 3.63) is 71.3 Å². The molecule has 0 aromatic heterocycles. The highest BCUT2D eigenvalue weighted by molar-refractivity contribution is 5.91. The van der Waals surface area contributed by atoms with Crippen LogP contribution in [0.5, 0.6) is 5.75 Å². The summed E-state index contributed by atoms with van der Waals surface area (Å²) in [6.07, 6.45) is 4.78. The predicted molar refractivity (Wildman–Crippen MR) is 138 cm³/mol. The summed E-state index contributed by atoms with van der Waals surface area (Å²) in [6.45, 7) is 3.24. The standard InChI is InChI=1S/C30H35F3N2O2/c1-34(28(37)13-10-21-4-2-6-24(16-21)30(31,32)33)26-12-11-25-20-35(19-22-8-9-22)15-14-29(25,18-26)23-5-3-7-27(36)17-23/h2-7,10,13,16-17,22,25-26,36H,8-9,11-12,14-15,18-20H2,1H3/b13-10+/t25-,26-,29+/m1/s1. The van der Waals surface area contributed by atoms with Gasteiger partial charge in [-0.25, -0.2) is 0 Å². The highest BCUT2D eigenvalue weighted by Crippen LogP contribution is 2.51. The van der Waals surface area contributed by atoms with E-state index in [0.717, 1.165) is 62.4 Å². The molecule has 1 amide bonds. The van der Waals surface area contributed by atoms with Gasteiger partial charge in [0.25, 0.3) is 0 Å². The number of carbonyl (C=O) groups is 1. The monoisotopic (exact) mass is 512 g/mol. The predicted octanol–water partition coefficient (Wildman–Crippen LogP) is 6.11. The Labute approximate surface area is 216 Å². The fraction of sp³-hybridized carbons (Fsp3) is 0.500. The number of carbonyl (C=O) groups excluding carboxylic acids is 1. The molecule has 1 heterocycles. The Hall–Kier alpha value is -2.80. The maximum Gasteiger partial charge on any atom is 0.416 e. The molecule has 1 saturated heterocycles. The molecule has 2 aromatic rings. The van der Waals surface area contributed by atoms with Crippen molar-refractivity contribution in [2.24, 2.45) is 11.8 Å². The van der Waals surface area contributed by atoms with Crippen LogP contribution < -0.4 is 0 Å². The van der Waals surface area contributed by atoms with E-state index in [1.807, 2.05) is 12.1 Å². The van der Waals surface area contributed by atoms with E-state index in [1.54, 1.807) is 24.1 Å². The van der Waals surface area contributed by atoms with Crippen LogP contribution in [0.1, 0.15) is 55.2 Å². The molecular weight excluding hydrogens is 477 g/mol. The first-order chi connectivity index (χ1) is 17.6. The zero-order chi connectivity index (χ0) is 26.2. The van der Waals surface area contributed by atoms with Crippen LogP contribution in [0.25, 0.3) is 6.08 Å². The summed E-state index contributed by atoms with van der Waals surface area (Å²) in [5.74, 6) is 1.36. The summed E-state index contributed by atoms with van der Waals surface area (Å²) in [7, 11) is 1.79. The first kappa shape index (κ1) is 25.8. The fourth-order valence-corrected chi connectivity index (χ4v) is 6.45. The molecule has 5 rings (SSSR count). The highest BCUT2D eigenvalue weighted by atomic mass is 19.4. The van der Waals surface area contributed by atoms with Crippen molar-refractivity contribution < 1.29 is 23.1 Å². The molecule has 2 aliphatic carbocycles. The van der Waals surface area contributed by atoms with Gasteiger partial charge in [-0.1, -0.05) is 24.3 Å². The average Bonchev–Trinajstić information content (AvgIpc) is 3.70. The van der Waals surface area contributed by atoms with Crippen molar-refractivity contribution in [3.8, 4) is 5.75 Å². The minimum atomic E-state index is -4.42. The number of fused-ring (bicyclic) bond motifs is 1. The molecule has 0 radical (unpaired) electrons. The Bertz CT molecular complexity index is 1160. The number of aromatic hydroxyl groups is 1. The second-order valence-electron chi connectivity index (χ2n) is 11.2. The van der Waals surface area contributed by atoms with Crippen LogP contribution in [0.3, 0.4) is 0 Å². The molecule has 37 heavy (non-hydrogen) atoms. The summed E-state index contributed by atoms with van der Waals surface area (Å²) in [5, 5.41) is 10.3. The van der Waals surface area contributed by atoms with E-state index < -0.39 is 11.7 Å². The number of hydrogen-bond donors (Lipinski definition) is 1. The molecule has 2 aromatic carbocycles. The summed E-state index contributed by atoms with van der Waals surface area (Å²) in [6, 6.07) is 12.6. The fourth-order valence-electron chi connectivity index (χ4n) is 6.45. The van der Waals surface area contributed by atoms with Gasteiger partial charge in [-0.3, -0.25) is 4.79 Å². The van der Waals surface area contributed by atoms with Gasteiger partial charge < -0.3 is 14.9 Å². The maximum absolute atomic E-state index is 13.1. The van der Waals surface area contributed by atoms with E-state index >= 15 is 0 Å². The minimum Gasteiger partial charge on any atom is -0.508 e. The van der Waals surface area contributed by atoms with Gasteiger partial charge >= 0.3 is 6.18 Å². The number of halogens is 3. The van der Waals surface area contributed by atoms with Gasteiger partial charge in [0.2, 0.25) is 5.91 Å². The summed E-state index contributed by atoms with van der Waals surface area (Å²) < 4.78 is 39.1. The molecule has 4 nitrogen and oxygen atoms in total. The molecule has 3 atom stereocenters. The van der Waals surface area contributed by atoms with Crippen molar-refractivity contribution in [3.63, 3.8) is 0 Å². The lowest BCUT2D eigenvalue weighted by Gasteiger charge is -2.54. The molecule has 1 N–H and O–H groups in total. The smallest absolute Gasteiger partial charge is 0.416 e. The number of piperidine rings is 1. The molecule has 1 aliphatic heterocycles. The molecule has 3 fully saturated rings. The van der Waals surface area contributed by atoms with Crippen LogP contribution >= 0.6 is 0 Å². The van der Waals surface area contributed by atoms with Gasteiger partial charge in [-0.2, -0.15) is 13.2 Å². The van der Waals surface area contributed by atoms with Crippen LogP contribution in [-0.2, 0) is 16.4 Å². The third-order valence-corrected chi connectivity index (χ3v) is 8.74. The van der Waals surface area contributed by atoms with E-state index in [1.165, 1.54) is 37.6 Å². The molecule has 0 bridgehead atoms. The van der Waals surface area contributed by atoms with E-state index in [4.69, 9.17) is 0 Å². The number of alkyl halides is 3. The zero-order valence-corrected chi connectivity index (χ0v) is 21.3. The number of likely N-dealkylation sites (tertiary alicyclic amines) is 1. The quantitative estimate of drug-likeness (QED) is 0.476. The lowest BCUT2D eigenvalue weighted by molar-refractivity contribution is -0.137. The number of amides is 1. The number of benzene rings is 2. The number of hydrogen-bond acceptors (Lipinski definition) is 3. The van der Waals surface area contributed by atoms with E-state index in [2.05, 4.69) is 11.0 Å².